The van der Waals surface area contributed by atoms with Crippen molar-refractivity contribution in [2.45, 2.75) is 19.3 Å². The third kappa shape index (κ3) is 4.68. The molecule has 0 aromatic heterocycles. The molecule has 17 heavy (non-hydrogen) atoms. The standard InChI is InChI=1S/C13H16O4/c1-16-12(14)7-6-10-4-3-5-11(8-10)9-13(15)17-2/h3-5,8H,6-7,9H2,1-2H3. The Hall–Kier alpha value is -1.84. The van der Waals surface area contributed by atoms with Crippen LogP contribution in [0.3, 0.4) is 0 Å². The number of esters is 2. The second kappa shape index (κ2) is 6.68. The van der Waals surface area contributed by atoms with E-state index in [1.807, 2.05) is 24.3 Å². The molecule has 0 bridgehead atoms. The highest BCUT2D eigenvalue weighted by atomic mass is 16.5. The van der Waals surface area contributed by atoms with Gasteiger partial charge >= 0.3 is 11.9 Å². The first-order valence-electron chi connectivity index (χ1n) is 5.37. The van der Waals surface area contributed by atoms with Gasteiger partial charge in [-0.25, -0.2) is 0 Å². The maximum Gasteiger partial charge on any atom is 0.309 e. The van der Waals surface area contributed by atoms with Crippen LogP contribution in [0.2, 0.25) is 0 Å². The maximum atomic E-state index is 11.1. The number of carbonyl (C=O) groups excluding carboxylic acids is 2. The van der Waals surface area contributed by atoms with Crippen molar-refractivity contribution in [3.05, 3.63) is 35.4 Å². The first kappa shape index (κ1) is 13.2. The molecule has 0 aliphatic rings. The molecule has 1 aromatic rings. The van der Waals surface area contributed by atoms with E-state index < -0.39 is 0 Å². The van der Waals surface area contributed by atoms with Crippen molar-refractivity contribution in [2.24, 2.45) is 0 Å². The lowest BCUT2D eigenvalue weighted by molar-refractivity contribution is -0.141. The smallest absolute Gasteiger partial charge is 0.309 e. The molecule has 0 radical (unpaired) electrons. The molecule has 4 heteroatoms. The third-order valence-corrected chi connectivity index (χ3v) is 2.41. The SMILES string of the molecule is COC(=O)CCc1cccc(CC(=O)OC)c1. The fourth-order valence-corrected chi connectivity index (χ4v) is 1.48. The van der Waals surface area contributed by atoms with Crippen molar-refractivity contribution in [2.75, 3.05) is 14.2 Å². The largest absolute Gasteiger partial charge is 0.469 e. The summed E-state index contributed by atoms with van der Waals surface area (Å²) in [6.45, 7) is 0. The van der Waals surface area contributed by atoms with Crippen LogP contribution < -0.4 is 0 Å². The van der Waals surface area contributed by atoms with Gasteiger partial charge in [-0.3, -0.25) is 9.59 Å². The van der Waals surface area contributed by atoms with Gasteiger partial charge in [0, 0.05) is 6.42 Å². The second-order valence-corrected chi connectivity index (χ2v) is 3.65. The van der Waals surface area contributed by atoms with Crippen LogP contribution in [0, 0.1) is 0 Å². The second-order valence-electron chi connectivity index (χ2n) is 3.65. The molecule has 0 spiro atoms. The number of rotatable bonds is 5. The third-order valence-electron chi connectivity index (χ3n) is 2.41. The molecule has 0 fully saturated rings. The maximum absolute atomic E-state index is 11.1. The van der Waals surface area contributed by atoms with Crippen molar-refractivity contribution in [3.8, 4) is 0 Å². The molecule has 0 aliphatic heterocycles. The van der Waals surface area contributed by atoms with Crippen LogP contribution in [0.4, 0.5) is 0 Å². The van der Waals surface area contributed by atoms with E-state index in [4.69, 9.17) is 0 Å². The summed E-state index contributed by atoms with van der Waals surface area (Å²) in [6, 6.07) is 7.55. The zero-order chi connectivity index (χ0) is 12.7. The Labute approximate surface area is 101 Å². The summed E-state index contributed by atoms with van der Waals surface area (Å²) in [7, 11) is 2.74. The van der Waals surface area contributed by atoms with Crippen molar-refractivity contribution in [3.63, 3.8) is 0 Å². The van der Waals surface area contributed by atoms with Crippen LogP contribution in [0.25, 0.3) is 0 Å². The van der Waals surface area contributed by atoms with E-state index in [1.165, 1.54) is 14.2 Å². The molecule has 0 unspecified atom stereocenters. The number of methoxy groups -OCH3 is 2. The zero-order valence-electron chi connectivity index (χ0n) is 10.1. The van der Waals surface area contributed by atoms with Crippen LogP contribution in [-0.4, -0.2) is 26.2 Å². The Balaban J connectivity index is 2.59. The van der Waals surface area contributed by atoms with Gasteiger partial charge in [-0.1, -0.05) is 24.3 Å². The summed E-state index contributed by atoms with van der Waals surface area (Å²) in [5.74, 6) is -0.501. The number of hydrogen-bond donors (Lipinski definition) is 0. The summed E-state index contributed by atoms with van der Waals surface area (Å²) in [5.41, 5.74) is 1.90. The molecular weight excluding hydrogens is 220 g/mol. The minimum Gasteiger partial charge on any atom is -0.469 e. The highest BCUT2D eigenvalue weighted by Crippen LogP contribution is 2.09. The van der Waals surface area contributed by atoms with Gasteiger partial charge in [0.25, 0.3) is 0 Å². The number of benzene rings is 1. The molecule has 0 saturated carbocycles. The lowest BCUT2D eigenvalue weighted by Gasteiger charge is -2.04. The molecule has 0 saturated heterocycles. The van der Waals surface area contributed by atoms with Gasteiger partial charge in [0.2, 0.25) is 0 Å². The highest BCUT2D eigenvalue weighted by molar-refractivity contribution is 5.72. The minimum absolute atomic E-state index is 0.233. The van der Waals surface area contributed by atoms with Gasteiger partial charge in [-0.15, -0.1) is 0 Å². The van der Waals surface area contributed by atoms with Crippen molar-refractivity contribution < 1.29 is 19.1 Å². The average molecular weight is 236 g/mol. The van der Waals surface area contributed by atoms with Crippen LogP contribution in [0.15, 0.2) is 24.3 Å². The number of carbonyl (C=O) groups is 2. The van der Waals surface area contributed by atoms with Crippen molar-refractivity contribution in [1.82, 2.24) is 0 Å². The number of hydrogen-bond acceptors (Lipinski definition) is 4. The van der Waals surface area contributed by atoms with Crippen LogP contribution in [0.5, 0.6) is 0 Å². The molecule has 0 heterocycles. The lowest BCUT2D eigenvalue weighted by Crippen LogP contribution is -2.05. The van der Waals surface area contributed by atoms with Gasteiger partial charge in [-0.2, -0.15) is 0 Å². The lowest BCUT2D eigenvalue weighted by atomic mass is 10.0. The Kier molecular flexibility index (Phi) is 5.20. The summed E-state index contributed by atoms with van der Waals surface area (Å²) in [4.78, 5) is 22.1. The molecule has 0 N–H and O–H groups in total. The van der Waals surface area contributed by atoms with E-state index in [2.05, 4.69) is 9.47 Å². The normalized spacial score (nSPS) is 9.76. The summed E-state index contributed by atoms with van der Waals surface area (Å²) in [6.07, 6.45) is 1.21. The fraction of sp³-hybridized carbons (Fsp3) is 0.385. The Morgan fingerprint density at radius 1 is 1.06 bits per heavy atom. The predicted octanol–water partition coefficient (Wildman–Crippen LogP) is 1.51. The van der Waals surface area contributed by atoms with Gasteiger partial charge < -0.3 is 9.47 Å². The van der Waals surface area contributed by atoms with Gasteiger partial charge in [0.15, 0.2) is 0 Å². The molecule has 4 nitrogen and oxygen atoms in total. The van der Waals surface area contributed by atoms with E-state index in [-0.39, 0.29) is 18.4 Å². The molecule has 0 atom stereocenters. The Morgan fingerprint density at radius 2 is 1.71 bits per heavy atom. The molecule has 0 amide bonds. The van der Waals surface area contributed by atoms with E-state index >= 15 is 0 Å². The first-order chi connectivity index (χ1) is 8.15. The fourth-order valence-electron chi connectivity index (χ4n) is 1.48. The van der Waals surface area contributed by atoms with Gasteiger partial charge in [0.1, 0.15) is 0 Å². The van der Waals surface area contributed by atoms with Crippen LogP contribution in [-0.2, 0) is 31.9 Å². The molecular formula is C13H16O4. The van der Waals surface area contributed by atoms with Crippen LogP contribution >= 0.6 is 0 Å². The van der Waals surface area contributed by atoms with Crippen molar-refractivity contribution >= 4 is 11.9 Å². The predicted molar refractivity (Wildman–Crippen MR) is 62.5 cm³/mol. The molecule has 1 rings (SSSR count). The van der Waals surface area contributed by atoms with Crippen molar-refractivity contribution in [1.29, 1.82) is 0 Å². The van der Waals surface area contributed by atoms with E-state index in [0.29, 0.717) is 12.8 Å². The van der Waals surface area contributed by atoms with E-state index in [0.717, 1.165) is 11.1 Å². The topological polar surface area (TPSA) is 52.6 Å². The Bertz CT molecular complexity index is 398. The van der Waals surface area contributed by atoms with Gasteiger partial charge in [0.05, 0.1) is 20.6 Å². The number of ether oxygens (including phenoxy) is 2. The van der Waals surface area contributed by atoms with Crippen LogP contribution in [0.1, 0.15) is 17.5 Å². The zero-order valence-corrected chi connectivity index (χ0v) is 10.1. The summed E-state index contributed by atoms with van der Waals surface area (Å²) < 4.78 is 9.17. The monoisotopic (exact) mass is 236 g/mol. The van der Waals surface area contributed by atoms with E-state index in [1.54, 1.807) is 0 Å². The molecule has 1 aromatic carbocycles. The quantitative estimate of drug-likeness (QED) is 0.727. The molecule has 0 aliphatic carbocycles. The number of aryl methyl sites for hydroxylation is 1. The van der Waals surface area contributed by atoms with Gasteiger partial charge in [-0.05, 0) is 17.5 Å². The van der Waals surface area contributed by atoms with E-state index in [9.17, 15) is 9.59 Å². The first-order valence-corrected chi connectivity index (χ1v) is 5.37. The summed E-state index contributed by atoms with van der Waals surface area (Å²) in [5, 5.41) is 0. The highest BCUT2D eigenvalue weighted by Gasteiger charge is 2.05. The molecule has 92 valence electrons. The average Bonchev–Trinajstić information content (AvgIpc) is 2.36. The Morgan fingerprint density at radius 3 is 2.35 bits per heavy atom. The minimum atomic E-state index is -0.268. The summed E-state index contributed by atoms with van der Waals surface area (Å²) >= 11 is 0.